The fraction of sp³-hybridized carbons (Fsp3) is 0.889. The van der Waals surface area contributed by atoms with Crippen LogP contribution in [0.5, 0.6) is 0 Å². The molecule has 0 aromatic heterocycles. The molecule has 5 N–H and O–H groups in total. The lowest BCUT2D eigenvalue weighted by Crippen LogP contribution is -2.69. The standard InChI is InChI=1S/C9H18N2O4/c1-4-7(11-5(2)13)9(15)8(14)6(3-12)10-4/h4,6-10,12,14-15H,3H2,1-2H3,(H,11,13). The fourth-order valence-electron chi connectivity index (χ4n) is 1.89. The normalized spacial score (nSPS) is 41.3. The second kappa shape index (κ2) is 4.89. The monoisotopic (exact) mass is 218 g/mol. The van der Waals surface area contributed by atoms with Gasteiger partial charge in [-0.1, -0.05) is 0 Å². The van der Waals surface area contributed by atoms with Gasteiger partial charge in [-0.05, 0) is 6.92 Å². The van der Waals surface area contributed by atoms with Crippen LogP contribution in [0.15, 0.2) is 0 Å². The zero-order valence-electron chi connectivity index (χ0n) is 8.84. The number of aliphatic hydroxyl groups excluding tert-OH is 3. The number of aliphatic hydroxyl groups is 3. The first-order chi connectivity index (χ1) is 6.97. The first-order valence-corrected chi connectivity index (χ1v) is 4.97. The van der Waals surface area contributed by atoms with Gasteiger partial charge in [0.05, 0.1) is 24.8 Å². The number of piperidine rings is 1. The summed E-state index contributed by atoms with van der Waals surface area (Å²) in [6, 6.07) is -1.30. The highest BCUT2D eigenvalue weighted by molar-refractivity contribution is 5.73. The molecule has 1 aliphatic rings. The van der Waals surface area contributed by atoms with Crippen LogP contribution in [0.1, 0.15) is 13.8 Å². The van der Waals surface area contributed by atoms with Gasteiger partial charge in [-0.15, -0.1) is 0 Å². The van der Waals surface area contributed by atoms with E-state index in [1.807, 2.05) is 0 Å². The maximum atomic E-state index is 10.9. The molecular weight excluding hydrogens is 200 g/mol. The Bertz CT molecular complexity index is 236. The van der Waals surface area contributed by atoms with Crippen LogP contribution in [0.4, 0.5) is 0 Å². The number of rotatable bonds is 2. The zero-order valence-corrected chi connectivity index (χ0v) is 8.84. The van der Waals surface area contributed by atoms with Crippen molar-refractivity contribution in [2.45, 2.75) is 44.2 Å². The third kappa shape index (κ3) is 2.66. The Morgan fingerprint density at radius 1 is 1.40 bits per heavy atom. The summed E-state index contributed by atoms with van der Waals surface area (Å²) in [5.41, 5.74) is 0. The van der Waals surface area contributed by atoms with Gasteiger partial charge < -0.3 is 26.0 Å². The van der Waals surface area contributed by atoms with Crippen molar-refractivity contribution in [1.82, 2.24) is 10.6 Å². The maximum Gasteiger partial charge on any atom is 0.217 e. The molecule has 1 saturated heterocycles. The fourth-order valence-corrected chi connectivity index (χ4v) is 1.89. The summed E-state index contributed by atoms with van der Waals surface area (Å²) in [7, 11) is 0. The van der Waals surface area contributed by atoms with Gasteiger partial charge in [0.1, 0.15) is 6.10 Å². The molecule has 0 saturated carbocycles. The number of nitrogens with one attached hydrogen (secondary N) is 2. The molecule has 0 aromatic rings. The van der Waals surface area contributed by atoms with Crippen LogP contribution in [0.2, 0.25) is 0 Å². The number of hydrogen-bond acceptors (Lipinski definition) is 5. The lowest BCUT2D eigenvalue weighted by Gasteiger charge is -2.42. The summed E-state index contributed by atoms with van der Waals surface area (Å²) in [5, 5.41) is 33.8. The van der Waals surface area contributed by atoms with Gasteiger partial charge in [-0.3, -0.25) is 4.79 Å². The van der Waals surface area contributed by atoms with Crippen LogP contribution in [-0.2, 0) is 4.79 Å². The molecule has 1 amide bonds. The topological polar surface area (TPSA) is 102 Å². The molecule has 0 radical (unpaired) electrons. The maximum absolute atomic E-state index is 10.9. The van der Waals surface area contributed by atoms with Gasteiger partial charge in [0, 0.05) is 13.0 Å². The Hall–Kier alpha value is -0.690. The van der Waals surface area contributed by atoms with E-state index in [1.54, 1.807) is 6.92 Å². The molecule has 0 aliphatic carbocycles. The van der Waals surface area contributed by atoms with Gasteiger partial charge >= 0.3 is 0 Å². The quantitative estimate of drug-likeness (QED) is 0.354. The van der Waals surface area contributed by atoms with Crippen molar-refractivity contribution < 1.29 is 20.1 Å². The lowest BCUT2D eigenvalue weighted by molar-refractivity contribution is -0.124. The molecule has 6 nitrogen and oxygen atoms in total. The highest BCUT2D eigenvalue weighted by Crippen LogP contribution is 2.15. The van der Waals surface area contributed by atoms with E-state index in [4.69, 9.17) is 5.11 Å². The minimum Gasteiger partial charge on any atom is -0.395 e. The van der Waals surface area contributed by atoms with Crippen molar-refractivity contribution in [2.75, 3.05) is 6.61 Å². The average Bonchev–Trinajstić information content (AvgIpc) is 2.18. The van der Waals surface area contributed by atoms with E-state index in [1.165, 1.54) is 6.92 Å². The minimum absolute atomic E-state index is 0.204. The Balaban J connectivity index is 2.70. The molecule has 1 aliphatic heterocycles. The average molecular weight is 218 g/mol. The van der Waals surface area contributed by atoms with E-state index in [-0.39, 0.29) is 18.6 Å². The SMILES string of the molecule is CC(=O)NC1C(C)NC(CO)C(O)C1O. The van der Waals surface area contributed by atoms with Crippen LogP contribution < -0.4 is 10.6 Å². The van der Waals surface area contributed by atoms with E-state index < -0.39 is 24.3 Å². The van der Waals surface area contributed by atoms with Crippen LogP contribution >= 0.6 is 0 Å². The first-order valence-electron chi connectivity index (χ1n) is 4.97. The van der Waals surface area contributed by atoms with E-state index in [0.29, 0.717) is 0 Å². The van der Waals surface area contributed by atoms with Crippen molar-refractivity contribution in [3.05, 3.63) is 0 Å². The molecule has 1 fully saturated rings. The van der Waals surface area contributed by atoms with E-state index >= 15 is 0 Å². The van der Waals surface area contributed by atoms with E-state index in [9.17, 15) is 15.0 Å². The Kier molecular flexibility index (Phi) is 4.04. The second-order valence-corrected chi connectivity index (χ2v) is 3.95. The molecule has 0 aromatic carbocycles. The number of carbonyl (C=O) groups excluding carboxylic acids is 1. The summed E-state index contributed by atoms with van der Waals surface area (Å²) in [5.74, 6) is -0.262. The van der Waals surface area contributed by atoms with Gasteiger partial charge in [0.25, 0.3) is 0 Å². The first kappa shape index (κ1) is 12.4. The van der Waals surface area contributed by atoms with Crippen molar-refractivity contribution in [3.8, 4) is 0 Å². The summed E-state index contributed by atoms with van der Waals surface area (Å²) in [6.45, 7) is 2.87. The molecule has 1 heterocycles. The van der Waals surface area contributed by atoms with Gasteiger partial charge in [-0.2, -0.15) is 0 Å². The molecule has 6 heteroatoms. The molecule has 1 rings (SSSR count). The van der Waals surface area contributed by atoms with Crippen LogP contribution in [-0.4, -0.2) is 58.2 Å². The van der Waals surface area contributed by atoms with E-state index in [2.05, 4.69) is 10.6 Å². The van der Waals surface area contributed by atoms with Crippen molar-refractivity contribution >= 4 is 5.91 Å². The summed E-state index contributed by atoms with van der Waals surface area (Å²) < 4.78 is 0. The molecule has 0 spiro atoms. The molecular formula is C9H18N2O4. The summed E-state index contributed by atoms with van der Waals surface area (Å²) in [4.78, 5) is 10.9. The molecule has 88 valence electrons. The molecule has 5 atom stereocenters. The van der Waals surface area contributed by atoms with Crippen molar-refractivity contribution in [2.24, 2.45) is 0 Å². The molecule has 5 unspecified atom stereocenters. The zero-order chi connectivity index (χ0) is 11.6. The minimum atomic E-state index is -1.08. The van der Waals surface area contributed by atoms with Crippen LogP contribution in [0.25, 0.3) is 0 Å². The molecule has 15 heavy (non-hydrogen) atoms. The van der Waals surface area contributed by atoms with E-state index in [0.717, 1.165) is 0 Å². The molecule has 0 bridgehead atoms. The van der Waals surface area contributed by atoms with Crippen molar-refractivity contribution in [3.63, 3.8) is 0 Å². The van der Waals surface area contributed by atoms with Crippen molar-refractivity contribution in [1.29, 1.82) is 0 Å². The highest BCUT2D eigenvalue weighted by Gasteiger charge is 2.41. The van der Waals surface area contributed by atoms with Gasteiger partial charge in [0.15, 0.2) is 0 Å². The highest BCUT2D eigenvalue weighted by atomic mass is 16.3. The Morgan fingerprint density at radius 2 is 2.00 bits per heavy atom. The smallest absolute Gasteiger partial charge is 0.217 e. The van der Waals surface area contributed by atoms with Crippen LogP contribution in [0, 0.1) is 0 Å². The predicted molar refractivity (Wildman–Crippen MR) is 53.1 cm³/mol. The Morgan fingerprint density at radius 3 is 2.47 bits per heavy atom. The summed E-state index contributed by atoms with van der Waals surface area (Å²) >= 11 is 0. The number of amides is 1. The number of carbonyl (C=O) groups is 1. The third-order valence-electron chi connectivity index (χ3n) is 2.71. The number of hydrogen-bond donors (Lipinski definition) is 5. The van der Waals surface area contributed by atoms with Gasteiger partial charge in [0.2, 0.25) is 5.91 Å². The third-order valence-corrected chi connectivity index (χ3v) is 2.71. The largest absolute Gasteiger partial charge is 0.395 e. The van der Waals surface area contributed by atoms with Crippen LogP contribution in [0.3, 0.4) is 0 Å². The lowest BCUT2D eigenvalue weighted by atomic mass is 9.89. The summed E-state index contributed by atoms with van der Waals surface area (Å²) in [6.07, 6.45) is -2.15. The Labute approximate surface area is 88.3 Å². The second-order valence-electron chi connectivity index (χ2n) is 3.95. The van der Waals surface area contributed by atoms with Gasteiger partial charge in [-0.25, -0.2) is 0 Å². The predicted octanol–water partition coefficient (Wildman–Crippen LogP) is -2.43.